The van der Waals surface area contributed by atoms with Crippen LogP contribution in [0.4, 0.5) is 0 Å². The molecule has 0 bridgehead atoms. The lowest BCUT2D eigenvalue weighted by molar-refractivity contribution is 0.128. The van der Waals surface area contributed by atoms with Crippen molar-refractivity contribution in [2.24, 2.45) is 0 Å². The number of hydrogen-bond donors (Lipinski definition) is 1. The van der Waals surface area contributed by atoms with Crippen molar-refractivity contribution in [2.45, 2.75) is 51.7 Å². The van der Waals surface area contributed by atoms with Gasteiger partial charge in [-0.1, -0.05) is 0 Å². The van der Waals surface area contributed by atoms with E-state index in [4.69, 9.17) is 4.74 Å². The van der Waals surface area contributed by atoms with Gasteiger partial charge in [0.1, 0.15) is 0 Å². The highest BCUT2D eigenvalue weighted by Crippen LogP contribution is 2.13. The molecule has 1 saturated heterocycles. The van der Waals surface area contributed by atoms with Crippen molar-refractivity contribution in [3.63, 3.8) is 0 Å². The van der Waals surface area contributed by atoms with E-state index in [0.717, 1.165) is 43.9 Å². The average molecular weight is 247 g/mol. The summed E-state index contributed by atoms with van der Waals surface area (Å²) in [4.78, 5) is 0. The summed E-state index contributed by atoms with van der Waals surface area (Å²) >= 11 is 0. The van der Waals surface area contributed by atoms with Gasteiger partial charge in [-0.2, -0.15) is 0 Å². The predicted octanol–water partition coefficient (Wildman–Crippen LogP) is 1.69. The van der Waals surface area contributed by atoms with E-state index in [1.165, 1.54) is 0 Å². The van der Waals surface area contributed by atoms with Gasteiger partial charge in [0.25, 0.3) is 0 Å². The van der Waals surface area contributed by atoms with Crippen LogP contribution in [0.1, 0.15) is 40.0 Å². The standard InChI is InChI=1S/C12H25NO2S/c1-12(2,3)13-7-5-9-16(14)10-11-6-4-8-15-11/h11,13H,4-10H2,1-3H3. The molecule has 1 aliphatic rings. The Hall–Kier alpha value is 0.0700. The molecule has 96 valence electrons. The van der Waals surface area contributed by atoms with Crippen LogP contribution in [0.5, 0.6) is 0 Å². The fourth-order valence-electron chi connectivity index (χ4n) is 1.76. The minimum atomic E-state index is -0.703. The van der Waals surface area contributed by atoms with Crippen molar-refractivity contribution < 1.29 is 8.95 Å². The average Bonchev–Trinajstić information content (AvgIpc) is 2.63. The largest absolute Gasteiger partial charge is 0.377 e. The lowest BCUT2D eigenvalue weighted by Gasteiger charge is -2.20. The maximum atomic E-state index is 11.7. The summed E-state index contributed by atoms with van der Waals surface area (Å²) in [5.41, 5.74) is 0.163. The zero-order valence-corrected chi connectivity index (χ0v) is 11.6. The maximum Gasteiger partial charge on any atom is 0.0691 e. The summed E-state index contributed by atoms with van der Waals surface area (Å²) in [5, 5.41) is 3.41. The third-order valence-corrected chi connectivity index (χ3v) is 4.09. The highest BCUT2D eigenvalue weighted by atomic mass is 32.2. The Morgan fingerprint density at radius 3 is 2.75 bits per heavy atom. The lowest BCUT2D eigenvalue weighted by atomic mass is 10.1. The Balaban J connectivity index is 2.02. The van der Waals surface area contributed by atoms with Crippen molar-refractivity contribution >= 4 is 10.8 Å². The topological polar surface area (TPSA) is 38.3 Å². The van der Waals surface area contributed by atoms with E-state index in [0.29, 0.717) is 0 Å². The van der Waals surface area contributed by atoms with E-state index in [-0.39, 0.29) is 11.6 Å². The van der Waals surface area contributed by atoms with Crippen LogP contribution in [0.15, 0.2) is 0 Å². The Morgan fingerprint density at radius 1 is 1.44 bits per heavy atom. The van der Waals surface area contributed by atoms with Crippen LogP contribution in [0.25, 0.3) is 0 Å². The van der Waals surface area contributed by atoms with Gasteiger partial charge in [0.2, 0.25) is 0 Å². The second-order valence-corrected chi connectivity index (χ2v) is 7.10. The molecule has 4 heteroatoms. The zero-order chi connectivity index (χ0) is 12.0. The quantitative estimate of drug-likeness (QED) is 0.726. The third-order valence-electron chi connectivity index (χ3n) is 2.60. The van der Waals surface area contributed by atoms with Gasteiger partial charge < -0.3 is 10.1 Å². The summed E-state index contributed by atoms with van der Waals surface area (Å²) in [6, 6.07) is 0. The normalized spacial score (nSPS) is 23.6. The molecule has 1 N–H and O–H groups in total. The minimum absolute atomic E-state index is 0.163. The van der Waals surface area contributed by atoms with Crippen LogP contribution in [-0.4, -0.2) is 40.5 Å². The molecule has 16 heavy (non-hydrogen) atoms. The smallest absolute Gasteiger partial charge is 0.0691 e. The molecule has 3 nitrogen and oxygen atoms in total. The Labute approximate surface area is 102 Å². The fourth-order valence-corrected chi connectivity index (χ4v) is 3.07. The van der Waals surface area contributed by atoms with Crippen LogP contribution in [-0.2, 0) is 15.5 Å². The molecule has 1 aliphatic heterocycles. The van der Waals surface area contributed by atoms with Gasteiger partial charge in [0, 0.05) is 34.5 Å². The van der Waals surface area contributed by atoms with Crippen molar-refractivity contribution in [3.8, 4) is 0 Å². The highest BCUT2D eigenvalue weighted by Gasteiger charge is 2.18. The van der Waals surface area contributed by atoms with E-state index >= 15 is 0 Å². The molecule has 2 unspecified atom stereocenters. The summed E-state index contributed by atoms with van der Waals surface area (Å²) in [7, 11) is -0.703. The molecule has 1 rings (SSSR count). The van der Waals surface area contributed by atoms with E-state index in [1.54, 1.807) is 0 Å². The van der Waals surface area contributed by atoms with Gasteiger partial charge in [-0.3, -0.25) is 4.21 Å². The van der Waals surface area contributed by atoms with Gasteiger partial charge in [-0.15, -0.1) is 0 Å². The van der Waals surface area contributed by atoms with E-state index < -0.39 is 10.8 Å². The third kappa shape index (κ3) is 6.61. The van der Waals surface area contributed by atoms with E-state index in [9.17, 15) is 4.21 Å². The first-order chi connectivity index (χ1) is 7.47. The van der Waals surface area contributed by atoms with Gasteiger partial charge in [-0.25, -0.2) is 0 Å². The molecule has 1 heterocycles. The Morgan fingerprint density at radius 2 is 2.19 bits per heavy atom. The second kappa shape index (κ2) is 6.72. The van der Waals surface area contributed by atoms with Crippen molar-refractivity contribution in [3.05, 3.63) is 0 Å². The molecule has 0 amide bonds. The summed E-state index contributed by atoms with van der Waals surface area (Å²) in [5.74, 6) is 1.53. The molecule has 0 spiro atoms. The molecule has 0 aromatic heterocycles. The molecule has 0 saturated carbocycles. The SMILES string of the molecule is CC(C)(C)NCCCS(=O)CC1CCCO1. The fraction of sp³-hybridized carbons (Fsp3) is 1.00. The first kappa shape index (κ1) is 14.1. The van der Waals surface area contributed by atoms with Crippen LogP contribution in [0.2, 0.25) is 0 Å². The number of ether oxygens (including phenoxy) is 1. The molecular weight excluding hydrogens is 222 g/mol. The molecular formula is C12H25NO2S. The van der Waals surface area contributed by atoms with Crippen LogP contribution in [0, 0.1) is 0 Å². The molecule has 2 atom stereocenters. The second-order valence-electron chi connectivity index (χ2n) is 5.48. The molecule has 0 radical (unpaired) electrons. The predicted molar refractivity (Wildman–Crippen MR) is 69.2 cm³/mol. The first-order valence-corrected chi connectivity index (χ1v) is 7.68. The van der Waals surface area contributed by atoms with Crippen molar-refractivity contribution in [1.29, 1.82) is 0 Å². The Bertz CT molecular complexity index is 220. The van der Waals surface area contributed by atoms with Gasteiger partial charge in [-0.05, 0) is 46.6 Å². The first-order valence-electron chi connectivity index (χ1n) is 6.19. The van der Waals surface area contributed by atoms with Crippen LogP contribution in [0.3, 0.4) is 0 Å². The lowest BCUT2D eigenvalue weighted by Crippen LogP contribution is -2.36. The minimum Gasteiger partial charge on any atom is -0.377 e. The van der Waals surface area contributed by atoms with Gasteiger partial charge >= 0.3 is 0 Å². The summed E-state index contributed by atoms with van der Waals surface area (Å²) < 4.78 is 17.2. The van der Waals surface area contributed by atoms with Crippen molar-refractivity contribution in [1.82, 2.24) is 5.32 Å². The monoisotopic (exact) mass is 247 g/mol. The molecule has 1 fully saturated rings. The van der Waals surface area contributed by atoms with Gasteiger partial charge in [0.15, 0.2) is 0 Å². The highest BCUT2D eigenvalue weighted by molar-refractivity contribution is 7.85. The van der Waals surface area contributed by atoms with Crippen LogP contribution >= 0.6 is 0 Å². The van der Waals surface area contributed by atoms with Gasteiger partial charge in [0.05, 0.1) is 6.10 Å². The molecule has 0 aromatic carbocycles. The van der Waals surface area contributed by atoms with E-state index in [2.05, 4.69) is 26.1 Å². The summed E-state index contributed by atoms with van der Waals surface area (Å²) in [6.07, 6.45) is 3.46. The number of hydrogen-bond acceptors (Lipinski definition) is 3. The maximum absolute atomic E-state index is 11.7. The van der Waals surface area contributed by atoms with Crippen molar-refractivity contribution in [2.75, 3.05) is 24.7 Å². The van der Waals surface area contributed by atoms with Crippen LogP contribution < -0.4 is 5.32 Å². The number of rotatable bonds is 6. The van der Waals surface area contributed by atoms with E-state index in [1.807, 2.05) is 0 Å². The Kier molecular flexibility index (Phi) is 5.94. The molecule has 0 aliphatic carbocycles. The number of nitrogens with one attached hydrogen (secondary N) is 1. The zero-order valence-electron chi connectivity index (χ0n) is 10.8. The molecule has 0 aromatic rings. The summed E-state index contributed by atoms with van der Waals surface area (Å²) in [6.45, 7) is 8.25.